The lowest BCUT2D eigenvalue weighted by Gasteiger charge is -2.27. The number of hydrazone groups is 1. The molecule has 0 spiro atoms. The van der Waals surface area contributed by atoms with Crippen molar-refractivity contribution in [1.82, 2.24) is 5.43 Å². The summed E-state index contributed by atoms with van der Waals surface area (Å²) < 4.78 is 17.1. The Balaban J connectivity index is 1.49. The van der Waals surface area contributed by atoms with Gasteiger partial charge < -0.3 is 14.2 Å². The van der Waals surface area contributed by atoms with Crippen LogP contribution in [0, 0.1) is 0 Å². The Morgan fingerprint density at radius 3 is 2.71 bits per heavy atom. The van der Waals surface area contributed by atoms with Crippen molar-refractivity contribution in [2.45, 2.75) is 32.3 Å². The minimum absolute atomic E-state index is 0.0323. The van der Waals surface area contributed by atoms with Crippen LogP contribution in [0.15, 0.2) is 59.7 Å². The maximum atomic E-state index is 12.6. The summed E-state index contributed by atoms with van der Waals surface area (Å²) in [6.07, 6.45) is 0.809. The maximum absolute atomic E-state index is 12.6. The molecule has 3 aromatic carbocycles. The number of methoxy groups -OCH3 is 1. The third kappa shape index (κ3) is 4.33. The smallest absolute Gasteiger partial charge is 0.284 e. The molecule has 1 aliphatic rings. The molecule has 3 aromatic rings. The average molecular weight is 418 g/mol. The SMILES string of the molecule is COc1ccc2ccccc2c1/C=N/NC(=O)[C@H]1COc2ccc(C(C)(C)C)cc2O1. The predicted molar refractivity (Wildman–Crippen MR) is 121 cm³/mol. The second-order valence-electron chi connectivity index (χ2n) is 8.47. The Kier molecular flexibility index (Phi) is 5.55. The molecule has 0 radical (unpaired) electrons. The molecule has 0 bridgehead atoms. The average Bonchev–Trinajstić information content (AvgIpc) is 2.77. The van der Waals surface area contributed by atoms with Gasteiger partial charge in [0.25, 0.3) is 5.91 Å². The van der Waals surface area contributed by atoms with Gasteiger partial charge in [-0.25, -0.2) is 5.43 Å². The van der Waals surface area contributed by atoms with E-state index in [4.69, 9.17) is 14.2 Å². The zero-order valence-electron chi connectivity index (χ0n) is 18.1. The number of hydrogen-bond donors (Lipinski definition) is 1. The molecular weight excluding hydrogens is 392 g/mol. The molecule has 0 aromatic heterocycles. The Bertz CT molecular complexity index is 1150. The van der Waals surface area contributed by atoms with Crippen molar-refractivity contribution in [3.05, 3.63) is 65.7 Å². The molecule has 0 saturated carbocycles. The second-order valence-corrected chi connectivity index (χ2v) is 8.47. The van der Waals surface area contributed by atoms with E-state index >= 15 is 0 Å². The van der Waals surface area contributed by atoms with E-state index in [-0.39, 0.29) is 17.9 Å². The lowest BCUT2D eigenvalue weighted by molar-refractivity contribution is -0.130. The maximum Gasteiger partial charge on any atom is 0.284 e. The Hall–Kier alpha value is -3.54. The molecular formula is C25H26N2O4. The van der Waals surface area contributed by atoms with Crippen LogP contribution >= 0.6 is 0 Å². The lowest BCUT2D eigenvalue weighted by Crippen LogP contribution is -2.42. The van der Waals surface area contributed by atoms with E-state index in [1.807, 2.05) is 54.6 Å². The Morgan fingerprint density at radius 1 is 1.13 bits per heavy atom. The van der Waals surface area contributed by atoms with Crippen molar-refractivity contribution in [2.75, 3.05) is 13.7 Å². The zero-order valence-corrected chi connectivity index (χ0v) is 18.1. The Labute approximate surface area is 181 Å². The number of benzene rings is 3. The summed E-state index contributed by atoms with van der Waals surface area (Å²) in [5, 5.41) is 6.20. The monoisotopic (exact) mass is 418 g/mol. The van der Waals surface area contributed by atoms with Crippen LogP contribution in [0.3, 0.4) is 0 Å². The van der Waals surface area contributed by atoms with Gasteiger partial charge in [-0.15, -0.1) is 0 Å². The number of hydrogen-bond acceptors (Lipinski definition) is 5. The molecule has 4 rings (SSSR count). The normalized spacial score (nSPS) is 15.8. The van der Waals surface area contributed by atoms with E-state index in [0.717, 1.165) is 21.9 Å². The fourth-order valence-electron chi connectivity index (χ4n) is 3.49. The number of nitrogens with zero attached hydrogens (tertiary/aromatic N) is 1. The summed E-state index contributed by atoms with van der Waals surface area (Å²) in [6.45, 7) is 6.50. The highest BCUT2D eigenvalue weighted by Crippen LogP contribution is 2.36. The van der Waals surface area contributed by atoms with Crippen LogP contribution in [0.5, 0.6) is 17.2 Å². The van der Waals surface area contributed by atoms with Gasteiger partial charge >= 0.3 is 0 Å². The molecule has 31 heavy (non-hydrogen) atoms. The summed E-state index contributed by atoms with van der Waals surface area (Å²) in [5.74, 6) is 1.51. The third-order valence-electron chi connectivity index (χ3n) is 5.28. The fourth-order valence-corrected chi connectivity index (χ4v) is 3.49. The zero-order chi connectivity index (χ0) is 22.0. The largest absolute Gasteiger partial charge is 0.496 e. The number of amides is 1. The molecule has 1 N–H and O–H groups in total. The van der Waals surface area contributed by atoms with Crippen molar-refractivity contribution >= 4 is 22.9 Å². The summed E-state index contributed by atoms with van der Waals surface area (Å²) >= 11 is 0. The molecule has 6 heteroatoms. The second kappa shape index (κ2) is 8.30. The number of carbonyl (C=O) groups is 1. The van der Waals surface area contributed by atoms with Gasteiger partial charge in [-0.1, -0.05) is 57.2 Å². The highest BCUT2D eigenvalue weighted by Gasteiger charge is 2.28. The van der Waals surface area contributed by atoms with E-state index in [9.17, 15) is 4.79 Å². The van der Waals surface area contributed by atoms with Gasteiger partial charge in [0, 0.05) is 5.56 Å². The van der Waals surface area contributed by atoms with Gasteiger partial charge in [0.2, 0.25) is 6.10 Å². The van der Waals surface area contributed by atoms with E-state index in [1.54, 1.807) is 13.3 Å². The van der Waals surface area contributed by atoms with E-state index in [2.05, 4.69) is 31.3 Å². The number of fused-ring (bicyclic) bond motifs is 2. The van der Waals surface area contributed by atoms with Crippen LogP contribution in [0.25, 0.3) is 10.8 Å². The quantitative estimate of drug-likeness (QED) is 0.503. The van der Waals surface area contributed by atoms with Crippen molar-refractivity contribution in [1.29, 1.82) is 0 Å². The van der Waals surface area contributed by atoms with Gasteiger partial charge in [0.15, 0.2) is 11.5 Å². The van der Waals surface area contributed by atoms with Gasteiger partial charge in [-0.05, 0) is 39.9 Å². The van der Waals surface area contributed by atoms with E-state index in [1.165, 1.54) is 0 Å². The van der Waals surface area contributed by atoms with Crippen LogP contribution < -0.4 is 19.6 Å². The minimum Gasteiger partial charge on any atom is -0.496 e. The topological polar surface area (TPSA) is 69.2 Å². The molecule has 160 valence electrons. The number of carbonyl (C=O) groups excluding carboxylic acids is 1. The van der Waals surface area contributed by atoms with Crippen LogP contribution in [-0.2, 0) is 10.2 Å². The van der Waals surface area contributed by atoms with Crippen molar-refractivity contribution < 1.29 is 19.0 Å². The first kappa shape index (κ1) is 20.7. The van der Waals surface area contributed by atoms with Crippen molar-refractivity contribution in [3.8, 4) is 17.2 Å². The number of rotatable bonds is 4. The third-order valence-corrected chi connectivity index (χ3v) is 5.28. The van der Waals surface area contributed by atoms with Crippen LogP contribution in [0.1, 0.15) is 31.9 Å². The van der Waals surface area contributed by atoms with Crippen LogP contribution in [-0.4, -0.2) is 31.9 Å². The molecule has 0 aliphatic carbocycles. The number of ether oxygens (including phenoxy) is 3. The Morgan fingerprint density at radius 2 is 1.94 bits per heavy atom. The highest BCUT2D eigenvalue weighted by molar-refractivity contribution is 6.02. The molecule has 1 aliphatic heterocycles. The molecule has 1 amide bonds. The molecule has 1 heterocycles. The van der Waals surface area contributed by atoms with Gasteiger partial charge in [-0.2, -0.15) is 5.10 Å². The van der Waals surface area contributed by atoms with Crippen LogP contribution in [0.4, 0.5) is 0 Å². The summed E-state index contributed by atoms with van der Waals surface area (Å²) in [6, 6.07) is 17.6. The van der Waals surface area contributed by atoms with Crippen molar-refractivity contribution in [3.63, 3.8) is 0 Å². The minimum atomic E-state index is -0.783. The first-order valence-electron chi connectivity index (χ1n) is 10.2. The molecule has 0 saturated heterocycles. The first-order chi connectivity index (χ1) is 14.9. The van der Waals surface area contributed by atoms with E-state index < -0.39 is 6.10 Å². The van der Waals surface area contributed by atoms with Gasteiger partial charge in [-0.3, -0.25) is 4.79 Å². The van der Waals surface area contributed by atoms with Gasteiger partial charge in [0.05, 0.1) is 13.3 Å². The molecule has 1 atom stereocenters. The number of nitrogens with one attached hydrogen (secondary N) is 1. The van der Waals surface area contributed by atoms with Crippen molar-refractivity contribution in [2.24, 2.45) is 5.10 Å². The molecule has 0 fully saturated rings. The predicted octanol–water partition coefficient (Wildman–Crippen LogP) is 4.44. The fraction of sp³-hybridized carbons (Fsp3) is 0.280. The first-order valence-corrected chi connectivity index (χ1v) is 10.2. The summed E-state index contributed by atoms with van der Waals surface area (Å²) in [5.41, 5.74) is 4.43. The summed E-state index contributed by atoms with van der Waals surface area (Å²) in [7, 11) is 1.61. The van der Waals surface area contributed by atoms with E-state index in [0.29, 0.717) is 17.2 Å². The van der Waals surface area contributed by atoms with Crippen LogP contribution in [0.2, 0.25) is 0 Å². The van der Waals surface area contributed by atoms with Gasteiger partial charge in [0.1, 0.15) is 12.4 Å². The summed E-state index contributed by atoms with van der Waals surface area (Å²) in [4.78, 5) is 12.6. The molecule has 6 nitrogen and oxygen atoms in total. The highest BCUT2D eigenvalue weighted by atomic mass is 16.6. The lowest BCUT2D eigenvalue weighted by atomic mass is 9.87. The standard InChI is InChI=1S/C25H26N2O4/c1-25(2,3)17-10-12-21-22(13-17)31-23(15-30-21)24(28)27-26-14-19-18-8-6-5-7-16(18)9-11-20(19)29-4/h5-14,23H,15H2,1-4H3,(H,27,28)/b26-14+/t23-/m1/s1. The molecule has 0 unspecified atom stereocenters.